The average molecular weight is 190 g/mol. The van der Waals surface area contributed by atoms with Gasteiger partial charge in [0.2, 0.25) is 0 Å². The van der Waals surface area contributed by atoms with Gasteiger partial charge in [0.15, 0.2) is 0 Å². The first-order valence-electron chi connectivity index (χ1n) is 3.68. The molecule has 14 heavy (non-hydrogen) atoms. The summed E-state index contributed by atoms with van der Waals surface area (Å²) >= 11 is 0. The van der Waals surface area contributed by atoms with Gasteiger partial charge < -0.3 is 10.2 Å². The van der Waals surface area contributed by atoms with Gasteiger partial charge in [0.1, 0.15) is 0 Å². The van der Waals surface area contributed by atoms with Crippen molar-refractivity contribution >= 4 is 11.9 Å². The number of aromatic carboxylic acids is 1. The third-order valence-electron chi connectivity index (χ3n) is 1.42. The smallest absolute Gasteiger partial charge is 0.382 e. The van der Waals surface area contributed by atoms with Gasteiger partial charge in [-0.3, -0.25) is 0 Å². The molecule has 1 aromatic carbocycles. The molecule has 0 aliphatic rings. The number of hydrogen-bond acceptors (Lipinski definition) is 2. The molecule has 2 N–H and O–H groups in total. The Labute approximate surface area is 79.8 Å². The Hall–Kier alpha value is -2.28. The van der Waals surface area contributed by atoms with Crippen LogP contribution in [0.1, 0.15) is 15.9 Å². The number of rotatable bonds is 1. The minimum Gasteiger partial charge on any atom is -0.478 e. The number of benzene rings is 1. The SMILES string of the molecule is O=C(O)C#Cc1cccc(C(=O)O)c1. The second-order valence-electron chi connectivity index (χ2n) is 2.44. The fourth-order valence-corrected chi connectivity index (χ4v) is 0.856. The Morgan fingerprint density at radius 2 is 1.93 bits per heavy atom. The summed E-state index contributed by atoms with van der Waals surface area (Å²) < 4.78 is 0. The molecule has 0 aliphatic heterocycles. The summed E-state index contributed by atoms with van der Waals surface area (Å²) in [6, 6.07) is 5.78. The first-order valence-corrected chi connectivity index (χ1v) is 3.68. The van der Waals surface area contributed by atoms with E-state index in [1.165, 1.54) is 18.2 Å². The van der Waals surface area contributed by atoms with E-state index in [9.17, 15) is 9.59 Å². The highest BCUT2D eigenvalue weighted by Crippen LogP contribution is 2.03. The summed E-state index contributed by atoms with van der Waals surface area (Å²) in [5, 5.41) is 16.9. The van der Waals surface area contributed by atoms with Crippen LogP contribution in [0.5, 0.6) is 0 Å². The van der Waals surface area contributed by atoms with Crippen molar-refractivity contribution in [1.29, 1.82) is 0 Å². The Morgan fingerprint density at radius 1 is 1.21 bits per heavy atom. The van der Waals surface area contributed by atoms with Gasteiger partial charge in [0, 0.05) is 11.5 Å². The van der Waals surface area contributed by atoms with Crippen molar-refractivity contribution in [2.24, 2.45) is 0 Å². The van der Waals surface area contributed by atoms with Crippen LogP contribution in [0.3, 0.4) is 0 Å². The predicted octanol–water partition coefficient (Wildman–Crippen LogP) is 0.821. The highest BCUT2D eigenvalue weighted by atomic mass is 16.4. The average Bonchev–Trinajstić information content (AvgIpc) is 2.15. The summed E-state index contributed by atoms with van der Waals surface area (Å²) in [5.41, 5.74) is 0.453. The van der Waals surface area contributed by atoms with Crippen LogP contribution in [0.25, 0.3) is 0 Å². The van der Waals surface area contributed by atoms with E-state index < -0.39 is 11.9 Å². The van der Waals surface area contributed by atoms with Crippen molar-refractivity contribution < 1.29 is 19.8 Å². The van der Waals surface area contributed by atoms with Gasteiger partial charge in [-0.2, -0.15) is 0 Å². The first-order chi connectivity index (χ1) is 6.59. The van der Waals surface area contributed by atoms with Crippen molar-refractivity contribution in [3.8, 4) is 11.8 Å². The molecule has 0 atom stereocenters. The fraction of sp³-hybridized carbons (Fsp3) is 0. The molecule has 0 bridgehead atoms. The predicted molar refractivity (Wildman–Crippen MR) is 47.9 cm³/mol. The Morgan fingerprint density at radius 3 is 2.50 bits per heavy atom. The minimum atomic E-state index is -1.24. The van der Waals surface area contributed by atoms with Gasteiger partial charge in [0.05, 0.1) is 5.56 Å². The molecule has 1 aromatic rings. The summed E-state index contributed by atoms with van der Waals surface area (Å²) in [7, 11) is 0. The van der Waals surface area contributed by atoms with E-state index in [0.29, 0.717) is 5.56 Å². The van der Waals surface area contributed by atoms with E-state index in [0.717, 1.165) is 0 Å². The van der Waals surface area contributed by atoms with Crippen molar-refractivity contribution in [3.63, 3.8) is 0 Å². The molecular formula is C10H6O4. The highest BCUT2D eigenvalue weighted by molar-refractivity contribution is 5.89. The van der Waals surface area contributed by atoms with Gasteiger partial charge in [-0.25, -0.2) is 9.59 Å². The van der Waals surface area contributed by atoms with Gasteiger partial charge in [-0.15, -0.1) is 0 Å². The normalized spacial score (nSPS) is 8.57. The first kappa shape index (κ1) is 9.81. The van der Waals surface area contributed by atoms with Crippen molar-refractivity contribution in [2.45, 2.75) is 0 Å². The lowest BCUT2D eigenvalue weighted by Gasteiger charge is -1.93. The van der Waals surface area contributed by atoms with Gasteiger partial charge in [-0.05, 0) is 18.2 Å². The molecule has 4 heteroatoms. The highest BCUT2D eigenvalue weighted by Gasteiger charge is 2.01. The molecular weight excluding hydrogens is 184 g/mol. The van der Waals surface area contributed by atoms with E-state index in [-0.39, 0.29) is 5.56 Å². The van der Waals surface area contributed by atoms with Crippen molar-refractivity contribution in [1.82, 2.24) is 0 Å². The Balaban J connectivity index is 3.02. The number of carboxylic acids is 2. The van der Waals surface area contributed by atoms with Crippen LogP contribution in [0, 0.1) is 11.8 Å². The van der Waals surface area contributed by atoms with Crippen LogP contribution in [0.15, 0.2) is 24.3 Å². The van der Waals surface area contributed by atoms with E-state index in [1.54, 1.807) is 6.07 Å². The number of aliphatic carboxylic acids is 1. The molecule has 0 aromatic heterocycles. The zero-order valence-corrected chi connectivity index (χ0v) is 7.02. The molecule has 1 rings (SSSR count). The van der Waals surface area contributed by atoms with E-state index in [2.05, 4.69) is 5.92 Å². The van der Waals surface area contributed by atoms with E-state index in [1.807, 2.05) is 5.92 Å². The maximum atomic E-state index is 10.5. The topological polar surface area (TPSA) is 74.6 Å². The Kier molecular flexibility index (Phi) is 2.87. The molecule has 0 saturated heterocycles. The zero-order chi connectivity index (χ0) is 10.6. The second-order valence-corrected chi connectivity index (χ2v) is 2.44. The standard InChI is InChI=1S/C10H6O4/c11-9(12)5-4-7-2-1-3-8(6-7)10(13)14/h1-3,6H,(H,11,12)(H,13,14). The Bertz CT molecular complexity index is 437. The van der Waals surface area contributed by atoms with Gasteiger partial charge in [0.25, 0.3) is 0 Å². The van der Waals surface area contributed by atoms with E-state index in [4.69, 9.17) is 10.2 Å². The summed E-state index contributed by atoms with van der Waals surface area (Å²) in [6.45, 7) is 0. The van der Waals surface area contributed by atoms with Crippen LogP contribution in [-0.4, -0.2) is 22.2 Å². The molecule has 0 fully saturated rings. The summed E-state index contributed by atoms with van der Waals surface area (Å²) in [6.07, 6.45) is 0. The molecule has 0 amide bonds. The second kappa shape index (κ2) is 4.10. The maximum Gasteiger partial charge on any atom is 0.382 e. The minimum absolute atomic E-state index is 0.0854. The lowest BCUT2D eigenvalue weighted by Crippen LogP contribution is -1.96. The van der Waals surface area contributed by atoms with Crippen LogP contribution in [0.2, 0.25) is 0 Å². The van der Waals surface area contributed by atoms with Crippen molar-refractivity contribution in [3.05, 3.63) is 35.4 Å². The van der Waals surface area contributed by atoms with Crippen molar-refractivity contribution in [2.75, 3.05) is 0 Å². The molecule has 0 saturated carbocycles. The van der Waals surface area contributed by atoms with E-state index >= 15 is 0 Å². The van der Waals surface area contributed by atoms with Gasteiger partial charge in [-0.1, -0.05) is 12.0 Å². The fourth-order valence-electron chi connectivity index (χ4n) is 0.856. The molecule has 0 unspecified atom stereocenters. The quantitative estimate of drug-likeness (QED) is 0.643. The number of hydrogen-bond donors (Lipinski definition) is 2. The largest absolute Gasteiger partial charge is 0.478 e. The molecule has 4 nitrogen and oxygen atoms in total. The van der Waals surface area contributed by atoms with Crippen LogP contribution in [0.4, 0.5) is 0 Å². The van der Waals surface area contributed by atoms with Crippen LogP contribution < -0.4 is 0 Å². The number of carboxylic acid groups (broad SMARTS) is 2. The molecule has 0 spiro atoms. The van der Waals surface area contributed by atoms with Crippen LogP contribution >= 0.6 is 0 Å². The molecule has 70 valence electrons. The molecule has 0 radical (unpaired) electrons. The molecule has 0 aliphatic carbocycles. The monoisotopic (exact) mass is 190 g/mol. The third kappa shape index (κ3) is 2.64. The summed E-state index contributed by atoms with van der Waals surface area (Å²) in [5.74, 6) is 1.92. The summed E-state index contributed by atoms with van der Waals surface area (Å²) in [4.78, 5) is 20.6. The lowest BCUT2D eigenvalue weighted by atomic mass is 10.1. The lowest BCUT2D eigenvalue weighted by molar-refractivity contribution is -0.130. The third-order valence-corrected chi connectivity index (χ3v) is 1.42. The maximum absolute atomic E-state index is 10.5. The zero-order valence-electron chi connectivity index (χ0n) is 7.02. The molecule has 0 heterocycles. The van der Waals surface area contributed by atoms with Gasteiger partial charge >= 0.3 is 11.9 Å². The van der Waals surface area contributed by atoms with Crippen LogP contribution in [-0.2, 0) is 4.79 Å². The number of carbonyl (C=O) groups is 2.